The summed E-state index contributed by atoms with van der Waals surface area (Å²) in [6.45, 7) is 3.33. The minimum atomic E-state index is -3.74. The van der Waals surface area contributed by atoms with Crippen LogP contribution in [0.25, 0.3) is 11.5 Å². The van der Waals surface area contributed by atoms with Crippen LogP contribution < -0.4 is 10.0 Å². The van der Waals surface area contributed by atoms with Crippen LogP contribution in [0.4, 0.5) is 5.69 Å². The lowest BCUT2D eigenvalue weighted by Crippen LogP contribution is -2.23. The van der Waals surface area contributed by atoms with Crippen molar-refractivity contribution in [3.05, 3.63) is 96.1 Å². The molecule has 0 aliphatic rings. The predicted molar refractivity (Wildman–Crippen MR) is 162 cm³/mol. The van der Waals surface area contributed by atoms with Gasteiger partial charge in [-0.2, -0.15) is 0 Å². The Balaban J connectivity index is 1.23. The van der Waals surface area contributed by atoms with Crippen LogP contribution in [0.3, 0.4) is 0 Å². The molecule has 0 aliphatic carbocycles. The van der Waals surface area contributed by atoms with Gasteiger partial charge in [0.05, 0.1) is 16.7 Å². The van der Waals surface area contributed by atoms with E-state index >= 15 is 0 Å². The molecule has 1 unspecified atom stereocenters. The molecule has 2 aromatic heterocycles. The van der Waals surface area contributed by atoms with Crippen LogP contribution in [0.1, 0.15) is 68.4 Å². The number of aromatic nitrogens is 2. The standard InChI is InChI=1S/C32H40N4O4S/c1-2-3-4-5-6-7-10-29-24-40-32(35-29)26-13-17-30(18-14-26)41(38,39)36-28-15-11-25(12-16-28)19-21-34-23-31(37)27-9-8-20-33-22-27/h8-9,11-18,20,22,24,31,34,36-37H,2-7,10,19,21,23H2,1H3. The first-order chi connectivity index (χ1) is 19.9. The third-order valence-corrected chi connectivity index (χ3v) is 8.35. The number of hydrogen-bond acceptors (Lipinski definition) is 7. The van der Waals surface area contributed by atoms with Crippen LogP contribution >= 0.6 is 0 Å². The Labute approximate surface area is 243 Å². The summed E-state index contributed by atoms with van der Waals surface area (Å²) in [6, 6.07) is 17.5. The van der Waals surface area contributed by atoms with Crippen molar-refractivity contribution in [1.82, 2.24) is 15.3 Å². The molecule has 0 saturated heterocycles. The summed E-state index contributed by atoms with van der Waals surface area (Å²) < 4.78 is 34.2. The first-order valence-corrected chi connectivity index (χ1v) is 15.9. The van der Waals surface area contributed by atoms with Gasteiger partial charge in [0.2, 0.25) is 5.89 Å². The quantitative estimate of drug-likeness (QED) is 0.126. The zero-order valence-corrected chi connectivity index (χ0v) is 24.4. The number of rotatable bonds is 17. The molecule has 4 aromatic rings. The molecular weight excluding hydrogens is 536 g/mol. The summed E-state index contributed by atoms with van der Waals surface area (Å²) in [5.41, 5.74) is 3.99. The molecule has 0 aliphatic heterocycles. The number of aliphatic hydroxyl groups excluding tert-OH is 1. The first-order valence-electron chi connectivity index (χ1n) is 14.4. The Morgan fingerprint density at radius 3 is 2.41 bits per heavy atom. The summed E-state index contributed by atoms with van der Waals surface area (Å²) in [6.07, 6.45) is 13.4. The Bertz CT molecular complexity index is 1420. The highest BCUT2D eigenvalue weighted by molar-refractivity contribution is 7.92. The lowest BCUT2D eigenvalue weighted by atomic mass is 10.1. The smallest absolute Gasteiger partial charge is 0.261 e. The molecule has 0 fully saturated rings. The zero-order valence-electron chi connectivity index (χ0n) is 23.6. The zero-order chi connectivity index (χ0) is 28.9. The molecule has 2 heterocycles. The highest BCUT2D eigenvalue weighted by Gasteiger charge is 2.16. The number of aliphatic hydroxyl groups is 1. The molecule has 41 heavy (non-hydrogen) atoms. The average Bonchev–Trinajstić information content (AvgIpc) is 3.47. The highest BCUT2D eigenvalue weighted by atomic mass is 32.2. The predicted octanol–water partition coefficient (Wildman–Crippen LogP) is 6.31. The van der Waals surface area contributed by atoms with Crippen LogP contribution in [-0.2, 0) is 22.9 Å². The van der Waals surface area contributed by atoms with Gasteiger partial charge in [0.25, 0.3) is 10.0 Å². The number of pyridine rings is 1. The molecule has 3 N–H and O–H groups in total. The van der Waals surface area contributed by atoms with E-state index in [2.05, 4.69) is 26.9 Å². The number of nitrogens with zero attached hydrogens (tertiary/aromatic N) is 2. The molecule has 2 aromatic carbocycles. The van der Waals surface area contributed by atoms with Crippen LogP contribution in [0, 0.1) is 0 Å². The van der Waals surface area contributed by atoms with Crippen LogP contribution in [0.15, 0.2) is 88.6 Å². The molecular formula is C32H40N4O4S. The maximum atomic E-state index is 13.0. The lowest BCUT2D eigenvalue weighted by Gasteiger charge is -2.12. The Morgan fingerprint density at radius 2 is 1.68 bits per heavy atom. The molecule has 9 heteroatoms. The van der Waals surface area contributed by atoms with E-state index in [0.717, 1.165) is 41.6 Å². The molecule has 1 atom stereocenters. The van der Waals surface area contributed by atoms with E-state index < -0.39 is 16.1 Å². The fraction of sp³-hybridized carbons (Fsp3) is 0.375. The second kappa shape index (κ2) is 15.5. The van der Waals surface area contributed by atoms with Crippen molar-refractivity contribution in [2.75, 3.05) is 17.8 Å². The molecule has 0 saturated carbocycles. The Hall–Kier alpha value is -3.53. The molecule has 0 spiro atoms. The van der Waals surface area contributed by atoms with Crippen LogP contribution in [-0.4, -0.2) is 36.6 Å². The lowest BCUT2D eigenvalue weighted by molar-refractivity contribution is 0.174. The number of aryl methyl sites for hydroxylation is 1. The number of anilines is 1. The fourth-order valence-electron chi connectivity index (χ4n) is 4.53. The van der Waals surface area contributed by atoms with Gasteiger partial charge in [0, 0.05) is 35.8 Å². The van der Waals surface area contributed by atoms with Gasteiger partial charge in [0.1, 0.15) is 6.26 Å². The maximum absolute atomic E-state index is 13.0. The van der Waals surface area contributed by atoms with E-state index in [9.17, 15) is 13.5 Å². The van der Waals surface area contributed by atoms with Crippen molar-refractivity contribution in [3.8, 4) is 11.5 Å². The second-order valence-corrected chi connectivity index (χ2v) is 11.9. The summed E-state index contributed by atoms with van der Waals surface area (Å²) in [5.74, 6) is 0.500. The van der Waals surface area contributed by atoms with Crippen molar-refractivity contribution in [2.45, 2.75) is 69.3 Å². The van der Waals surface area contributed by atoms with Crippen LogP contribution in [0.2, 0.25) is 0 Å². The normalized spacial score (nSPS) is 12.3. The van der Waals surface area contributed by atoms with Crippen molar-refractivity contribution in [3.63, 3.8) is 0 Å². The van der Waals surface area contributed by atoms with E-state index in [-0.39, 0.29) is 4.90 Å². The number of hydrogen-bond donors (Lipinski definition) is 3. The van der Waals surface area contributed by atoms with Crippen molar-refractivity contribution in [2.24, 2.45) is 0 Å². The van der Waals surface area contributed by atoms with Gasteiger partial charge in [-0.05, 0) is 73.8 Å². The molecule has 0 amide bonds. The number of unbranched alkanes of at least 4 members (excludes halogenated alkanes) is 5. The Morgan fingerprint density at radius 1 is 0.927 bits per heavy atom. The third-order valence-electron chi connectivity index (χ3n) is 6.95. The van der Waals surface area contributed by atoms with Crippen molar-refractivity contribution < 1.29 is 17.9 Å². The van der Waals surface area contributed by atoms with Gasteiger partial charge in [-0.3, -0.25) is 9.71 Å². The minimum absolute atomic E-state index is 0.167. The van der Waals surface area contributed by atoms with Gasteiger partial charge in [-0.25, -0.2) is 13.4 Å². The van der Waals surface area contributed by atoms with Crippen LogP contribution in [0.5, 0.6) is 0 Å². The molecule has 0 radical (unpaired) electrons. The largest absolute Gasteiger partial charge is 0.444 e. The summed E-state index contributed by atoms with van der Waals surface area (Å²) in [5, 5.41) is 13.5. The van der Waals surface area contributed by atoms with E-state index in [1.807, 2.05) is 18.2 Å². The van der Waals surface area contributed by atoms with E-state index in [4.69, 9.17) is 4.42 Å². The fourth-order valence-corrected chi connectivity index (χ4v) is 5.59. The summed E-state index contributed by atoms with van der Waals surface area (Å²) in [7, 11) is -3.74. The number of oxazole rings is 1. The van der Waals surface area contributed by atoms with E-state index in [0.29, 0.717) is 24.7 Å². The number of nitrogens with one attached hydrogen (secondary N) is 2. The number of benzene rings is 2. The second-order valence-electron chi connectivity index (χ2n) is 10.2. The molecule has 218 valence electrons. The van der Waals surface area contributed by atoms with Crippen molar-refractivity contribution >= 4 is 15.7 Å². The van der Waals surface area contributed by atoms with Gasteiger partial charge in [-0.1, -0.05) is 57.2 Å². The first kappa shape index (κ1) is 30.4. The maximum Gasteiger partial charge on any atom is 0.261 e. The molecule has 0 bridgehead atoms. The highest BCUT2D eigenvalue weighted by Crippen LogP contribution is 2.23. The summed E-state index contributed by atoms with van der Waals surface area (Å²) >= 11 is 0. The minimum Gasteiger partial charge on any atom is -0.444 e. The monoisotopic (exact) mass is 576 g/mol. The molecule has 4 rings (SSSR count). The molecule has 8 nitrogen and oxygen atoms in total. The van der Waals surface area contributed by atoms with Gasteiger partial charge < -0.3 is 14.8 Å². The van der Waals surface area contributed by atoms with Gasteiger partial charge in [-0.15, -0.1) is 0 Å². The SMILES string of the molecule is CCCCCCCCc1coc(-c2ccc(S(=O)(=O)Nc3ccc(CCNCC(O)c4cccnc4)cc3)cc2)n1. The van der Waals surface area contributed by atoms with Crippen molar-refractivity contribution in [1.29, 1.82) is 0 Å². The summed E-state index contributed by atoms with van der Waals surface area (Å²) in [4.78, 5) is 8.77. The Kier molecular flexibility index (Phi) is 11.5. The van der Waals surface area contributed by atoms with E-state index in [1.54, 1.807) is 61.1 Å². The van der Waals surface area contributed by atoms with Gasteiger partial charge in [0.15, 0.2) is 0 Å². The van der Waals surface area contributed by atoms with E-state index in [1.165, 1.54) is 32.1 Å². The third kappa shape index (κ3) is 9.52. The number of sulfonamides is 1. The average molecular weight is 577 g/mol. The topological polar surface area (TPSA) is 117 Å². The van der Waals surface area contributed by atoms with Gasteiger partial charge >= 0.3 is 0 Å².